The first kappa shape index (κ1) is 25.2. The fourth-order valence-electron chi connectivity index (χ4n) is 3.20. The van der Waals surface area contributed by atoms with E-state index in [0.29, 0.717) is 28.8 Å². The van der Waals surface area contributed by atoms with Crippen molar-refractivity contribution in [1.29, 1.82) is 0 Å². The average Bonchev–Trinajstić information content (AvgIpc) is 2.84. The normalized spacial score (nSPS) is 10.9. The van der Waals surface area contributed by atoms with Gasteiger partial charge in [-0.05, 0) is 55.5 Å². The molecule has 0 unspecified atom stereocenters. The number of nitrogens with zero attached hydrogens (tertiary/aromatic N) is 1. The Morgan fingerprint density at radius 1 is 0.941 bits per heavy atom. The van der Waals surface area contributed by atoms with Gasteiger partial charge in [0.25, 0.3) is 10.0 Å². The topological polar surface area (TPSA) is 94.2 Å². The summed E-state index contributed by atoms with van der Waals surface area (Å²) in [5.41, 5.74) is 0.710. The molecule has 0 bridgehead atoms. The SMILES string of the molecule is CCOc1ccccc1NC(=O)CN(c1ccc(Cl)cc1)S(=O)(=O)c1ccc(OC)c(OC)c1. The molecule has 3 aromatic carbocycles. The minimum Gasteiger partial charge on any atom is -0.493 e. The monoisotopic (exact) mass is 504 g/mol. The number of methoxy groups -OCH3 is 2. The number of carbonyl (C=O) groups is 1. The van der Waals surface area contributed by atoms with Crippen molar-refractivity contribution in [2.24, 2.45) is 0 Å². The molecule has 10 heteroatoms. The molecule has 0 spiro atoms. The van der Waals surface area contributed by atoms with E-state index >= 15 is 0 Å². The number of benzene rings is 3. The van der Waals surface area contributed by atoms with Crippen LogP contribution in [0.1, 0.15) is 6.92 Å². The number of nitrogens with one attached hydrogen (secondary N) is 1. The van der Waals surface area contributed by atoms with Crippen LogP contribution in [0.3, 0.4) is 0 Å². The predicted octanol–water partition coefficient (Wildman–Crippen LogP) is 4.59. The fraction of sp³-hybridized carbons (Fsp3) is 0.208. The molecule has 0 atom stereocenters. The summed E-state index contributed by atoms with van der Waals surface area (Å²) in [7, 11) is -1.30. The van der Waals surface area contributed by atoms with Gasteiger partial charge in [-0.1, -0.05) is 23.7 Å². The van der Waals surface area contributed by atoms with Crippen LogP contribution in [-0.4, -0.2) is 41.7 Å². The molecule has 1 N–H and O–H groups in total. The zero-order valence-corrected chi connectivity index (χ0v) is 20.5. The molecule has 0 saturated heterocycles. The fourth-order valence-corrected chi connectivity index (χ4v) is 4.76. The largest absolute Gasteiger partial charge is 0.493 e. The Bertz CT molecular complexity index is 1250. The molecule has 8 nitrogen and oxygen atoms in total. The number of amides is 1. The Balaban J connectivity index is 1.98. The van der Waals surface area contributed by atoms with Crippen molar-refractivity contribution >= 4 is 38.9 Å². The Morgan fingerprint density at radius 2 is 1.62 bits per heavy atom. The second-order valence-corrected chi connectivity index (χ2v) is 9.28. The zero-order valence-electron chi connectivity index (χ0n) is 18.9. The number of anilines is 2. The van der Waals surface area contributed by atoms with Gasteiger partial charge in [-0.3, -0.25) is 9.10 Å². The molecule has 180 valence electrons. The summed E-state index contributed by atoms with van der Waals surface area (Å²) in [6.07, 6.45) is 0. The lowest BCUT2D eigenvalue weighted by Crippen LogP contribution is -2.38. The van der Waals surface area contributed by atoms with Crippen molar-refractivity contribution in [2.75, 3.05) is 37.0 Å². The molecular weight excluding hydrogens is 480 g/mol. The number of hydrogen-bond acceptors (Lipinski definition) is 6. The van der Waals surface area contributed by atoms with Crippen molar-refractivity contribution in [3.05, 3.63) is 71.8 Å². The van der Waals surface area contributed by atoms with Crippen LogP contribution in [0.15, 0.2) is 71.6 Å². The van der Waals surface area contributed by atoms with E-state index in [4.69, 9.17) is 25.8 Å². The van der Waals surface area contributed by atoms with Gasteiger partial charge in [0.2, 0.25) is 5.91 Å². The van der Waals surface area contributed by atoms with E-state index in [0.717, 1.165) is 4.31 Å². The summed E-state index contributed by atoms with van der Waals surface area (Å²) in [5, 5.41) is 3.16. The maximum absolute atomic E-state index is 13.6. The first-order valence-electron chi connectivity index (χ1n) is 10.3. The van der Waals surface area contributed by atoms with Crippen LogP contribution in [0.4, 0.5) is 11.4 Å². The van der Waals surface area contributed by atoms with Crippen LogP contribution < -0.4 is 23.8 Å². The van der Waals surface area contributed by atoms with Crippen molar-refractivity contribution < 1.29 is 27.4 Å². The molecule has 0 radical (unpaired) electrons. The highest BCUT2D eigenvalue weighted by atomic mass is 35.5. The molecule has 1 amide bonds. The number of carbonyl (C=O) groups excluding carboxylic acids is 1. The molecule has 0 heterocycles. The van der Waals surface area contributed by atoms with Crippen molar-refractivity contribution in [1.82, 2.24) is 0 Å². The first-order valence-corrected chi connectivity index (χ1v) is 12.1. The molecule has 0 aliphatic rings. The molecule has 0 aliphatic carbocycles. The number of ether oxygens (including phenoxy) is 3. The first-order chi connectivity index (χ1) is 16.3. The number of halogens is 1. The summed E-state index contributed by atoms with van der Waals surface area (Å²) in [6, 6.07) is 17.3. The standard InChI is InChI=1S/C24H25ClN2O6S/c1-4-33-21-8-6-5-7-20(21)26-24(28)16-27(18-11-9-17(25)10-12-18)34(29,30)19-13-14-22(31-2)23(15-19)32-3/h5-15H,4,16H2,1-3H3,(H,26,28). The summed E-state index contributed by atoms with van der Waals surface area (Å²) < 4.78 is 44.3. The number of para-hydroxylation sites is 2. The van der Waals surface area contributed by atoms with Gasteiger partial charge in [-0.25, -0.2) is 8.42 Å². The van der Waals surface area contributed by atoms with Gasteiger partial charge in [-0.2, -0.15) is 0 Å². The Morgan fingerprint density at radius 3 is 2.26 bits per heavy atom. The Labute approximate surface area is 204 Å². The van der Waals surface area contributed by atoms with Gasteiger partial charge in [0.15, 0.2) is 11.5 Å². The van der Waals surface area contributed by atoms with Crippen LogP contribution in [-0.2, 0) is 14.8 Å². The Hall–Kier alpha value is -3.43. The highest BCUT2D eigenvalue weighted by Gasteiger charge is 2.28. The smallest absolute Gasteiger partial charge is 0.264 e. The van der Waals surface area contributed by atoms with Crippen LogP contribution in [0.5, 0.6) is 17.2 Å². The predicted molar refractivity (Wildman–Crippen MR) is 132 cm³/mol. The van der Waals surface area contributed by atoms with Crippen molar-refractivity contribution in [3.8, 4) is 17.2 Å². The third-order valence-corrected chi connectivity index (χ3v) is 6.83. The molecule has 0 saturated carbocycles. The third kappa shape index (κ3) is 5.73. The highest BCUT2D eigenvalue weighted by Crippen LogP contribution is 2.32. The van der Waals surface area contributed by atoms with Gasteiger partial charge in [-0.15, -0.1) is 0 Å². The van der Waals surface area contributed by atoms with Gasteiger partial charge < -0.3 is 19.5 Å². The summed E-state index contributed by atoms with van der Waals surface area (Å²) in [4.78, 5) is 12.9. The highest BCUT2D eigenvalue weighted by molar-refractivity contribution is 7.92. The van der Waals surface area contributed by atoms with Crippen LogP contribution in [0.25, 0.3) is 0 Å². The average molecular weight is 505 g/mol. The number of hydrogen-bond donors (Lipinski definition) is 1. The molecule has 0 aromatic heterocycles. The van der Waals surface area contributed by atoms with Crippen molar-refractivity contribution in [2.45, 2.75) is 11.8 Å². The summed E-state index contributed by atoms with van der Waals surface area (Å²) in [5.74, 6) is 0.560. The molecule has 34 heavy (non-hydrogen) atoms. The molecule has 3 aromatic rings. The lowest BCUT2D eigenvalue weighted by molar-refractivity contribution is -0.114. The number of sulfonamides is 1. The van der Waals surface area contributed by atoms with E-state index in [1.807, 2.05) is 6.92 Å². The van der Waals surface area contributed by atoms with Crippen LogP contribution >= 0.6 is 11.6 Å². The molecule has 0 aliphatic heterocycles. The molecule has 3 rings (SSSR count). The van der Waals surface area contributed by atoms with Crippen molar-refractivity contribution in [3.63, 3.8) is 0 Å². The second kappa shape index (κ2) is 11.1. The van der Waals surface area contributed by atoms with Gasteiger partial charge in [0, 0.05) is 11.1 Å². The maximum atomic E-state index is 13.6. The third-order valence-electron chi connectivity index (χ3n) is 4.81. The summed E-state index contributed by atoms with van der Waals surface area (Å²) in [6.45, 7) is 1.76. The minimum absolute atomic E-state index is 0.0670. The minimum atomic E-state index is -4.17. The van der Waals surface area contributed by atoms with E-state index in [-0.39, 0.29) is 16.3 Å². The molecular formula is C24H25ClN2O6S. The number of rotatable bonds is 10. The second-order valence-electron chi connectivity index (χ2n) is 6.98. The van der Waals surface area contributed by atoms with E-state index in [1.54, 1.807) is 36.4 Å². The van der Waals surface area contributed by atoms with Gasteiger partial charge in [0.05, 0.1) is 37.1 Å². The lowest BCUT2D eigenvalue weighted by atomic mass is 10.3. The quantitative estimate of drug-likeness (QED) is 0.434. The lowest BCUT2D eigenvalue weighted by Gasteiger charge is -2.25. The van der Waals surface area contributed by atoms with E-state index in [1.165, 1.54) is 44.6 Å². The van der Waals surface area contributed by atoms with Crippen LogP contribution in [0, 0.1) is 0 Å². The van der Waals surface area contributed by atoms with Crippen LogP contribution in [0.2, 0.25) is 5.02 Å². The maximum Gasteiger partial charge on any atom is 0.264 e. The van der Waals surface area contributed by atoms with E-state index in [2.05, 4.69) is 5.32 Å². The zero-order chi connectivity index (χ0) is 24.7. The van der Waals surface area contributed by atoms with Gasteiger partial charge >= 0.3 is 0 Å². The summed E-state index contributed by atoms with van der Waals surface area (Å²) >= 11 is 5.99. The molecule has 0 fully saturated rings. The van der Waals surface area contributed by atoms with E-state index in [9.17, 15) is 13.2 Å². The Kier molecular flexibility index (Phi) is 8.25. The van der Waals surface area contributed by atoms with E-state index < -0.39 is 22.5 Å². The van der Waals surface area contributed by atoms with Gasteiger partial charge in [0.1, 0.15) is 12.3 Å².